The predicted molar refractivity (Wildman–Crippen MR) is 76.6 cm³/mol. The Hall–Kier alpha value is -3.25. The summed E-state index contributed by atoms with van der Waals surface area (Å²) in [5.41, 5.74) is 0. The zero-order chi connectivity index (χ0) is 18.5. The van der Waals surface area contributed by atoms with Crippen LogP contribution in [0.4, 0.5) is 19.2 Å². The number of urea groups is 2. The number of carbonyl (C=O) groups is 5. The van der Waals surface area contributed by atoms with E-state index in [1.54, 1.807) is 0 Å². The highest BCUT2D eigenvalue weighted by molar-refractivity contribution is 5.95. The quantitative estimate of drug-likeness (QED) is 0.256. The number of nitrogens with zero attached hydrogens (tertiary/aromatic N) is 1. The molecule has 0 aliphatic heterocycles. The van der Waals surface area contributed by atoms with Crippen LogP contribution in [0.3, 0.4) is 0 Å². The molecule has 0 saturated heterocycles. The van der Waals surface area contributed by atoms with Crippen molar-refractivity contribution < 1.29 is 38.2 Å². The van der Waals surface area contributed by atoms with E-state index in [4.69, 9.17) is 0 Å². The van der Waals surface area contributed by atoms with Crippen molar-refractivity contribution in [2.24, 2.45) is 0 Å². The summed E-state index contributed by atoms with van der Waals surface area (Å²) in [4.78, 5) is 57.2. The maximum absolute atomic E-state index is 11.9. The van der Waals surface area contributed by atoms with Crippen LogP contribution in [-0.2, 0) is 19.0 Å². The molecule has 0 unspecified atom stereocenters. The molecule has 6 amide bonds. The van der Waals surface area contributed by atoms with E-state index in [1.807, 2.05) is 0 Å². The first-order valence-corrected chi connectivity index (χ1v) is 6.39. The molecular formula is C11H19N5O8. The van der Waals surface area contributed by atoms with Gasteiger partial charge in [0.05, 0.1) is 28.0 Å². The lowest BCUT2D eigenvalue weighted by molar-refractivity contribution is -0.139. The third-order valence-corrected chi connectivity index (χ3v) is 2.33. The van der Waals surface area contributed by atoms with E-state index in [2.05, 4.69) is 35.5 Å². The lowest BCUT2D eigenvalue weighted by atomic mass is 10.6. The number of rotatable bonds is 6. The van der Waals surface area contributed by atoms with Crippen LogP contribution in [0.1, 0.15) is 0 Å². The van der Waals surface area contributed by atoms with Crippen molar-refractivity contribution in [3.63, 3.8) is 0 Å². The van der Waals surface area contributed by atoms with E-state index in [9.17, 15) is 24.0 Å². The number of esters is 1. The molecule has 24 heavy (non-hydrogen) atoms. The van der Waals surface area contributed by atoms with Crippen LogP contribution >= 0.6 is 0 Å². The van der Waals surface area contributed by atoms with Gasteiger partial charge in [-0.15, -0.1) is 0 Å². The molecule has 0 rings (SSSR count). The normalized spacial score (nSPS) is 9.12. The second kappa shape index (κ2) is 11.3. The fourth-order valence-electron chi connectivity index (χ4n) is 1.13. The molecule has 4 N–H and O–H groups in total. The number of alkyl carbamates (subject to hydrolysis) is 2. The topological polar surface area (TPSA) is 164 Å². The highest BCUT2D eigenvalue weighted by Crippen LogP contribution is 1.91. The Morgan fingerprint density at radius 1 is 0.750 bits per heavy atom. The second-order valence-electron chi connectivity index (χ2n) is 3.82. The van der Waals surface area contributed by atoms with E-state index in [0.29, 0.717) is 4.90 Å². The van der Waals surface area contributed by atoms with Gasteiger partial charge in [0.1, 0.15) is 13.2 Å². The maximum Gasteiger partial charge on any atom is 0.408 e. The fraction of sp³-hybridized carbons (Fsp3) is 0.545. The smallest absolute Gasteiger partial charge is 0.408 e. The molecule has 0 aliphatic carbocycles. The predicted octanol–water partition coefficient (Wildman–Crippen LogP) is -1.49. The Labute approximate surface area is 136 Å². The Morgan fingerprint density at radius 3 is 1.83 bits per heavy atom. The van der Waals surface area contributed by atoms with Gasteiger partial charge in [0.15, 0.2) is 0 Å². The Morgan fingerprint density at radius 2 is 1.29 bits per heavy atom. The van der Waals surface area contributed by atoms with Crippen molar-refractivity contribution in [1.29, 1.82) is 0 Å². The first-order valence-electron chi connectivity index (χ1n) is 6.39. The summed E-state index contributed by atoms with van der Waals surface area (Å²) in [6, 6.07) is -1.96. The number of nitrogens with one attached hydrogen (secondary N) is 4. The van der Waals surface area contributed by atoms with Crippen LogP contribution in [0.25, 0.3) is 0 Å². The molecule has 0 spiro atoms. The molecule has 13 heteroatoms. The van der Waals surface area contributed by atoms with Crippen molar-refractivity contribution in [3.8, 4) is 0 Å². The summed E-state index contributed by atoms with van der Waals surface area (Å²) in [5.74, 6) is -0.739. The molecule has 0 aromatic carbocycles. The lowest BCUT2D eigenvalue weighted by Crippen LogP contribution is -2.54. The Balaban J connectivity index is 4.67. The number of imide groups is 1. The summed E-state index contributed by atoms with van der Waals surface area (Å²) in [5, 5.41) is 8.57. The molecule has 136 valence electrons. The third-order valence-electron chi connectivity index (χ3n) is 2.33. The number of hydrogen-bond donors (Lipinski definition) is 4. The number of amides is 6. The standard InChI is InChI=1S/C11H19N5O8/c1-22-7(17)4-12-8(18)16(6-15-11(21)24-3)9(19)13-5-14-10(20)23-2/h4-6H2,1-3H3,(H,12,18)(H,13,19)(H,14,20)(H,15,21). The lowest BCUT2D eigenvalue weighted by Gasteiger charge is -2.21. The molecule has 0 radical (unpaired) electrons. The molecule has 0 saturated carbocycles. The zero-order valence-electron chi connectivity index (χ0n) is 13.3. The van der Waals surface area contributed by atoms with Crippen LogP contribution in [0.2, 0.25) is 0 Å². The van der Waals surface area contributed by atoms with Gasteiger partial charge in [0, 0.05) is 0 Å². The Kier molecular flexibility index (Phi) is 9.80. The van der Waals surface area contributed by atoms with E-state index in [-0.39, 0.29) is 6.67 Å². The first kappa shape index (κ1) is 20.8. The minimum absolute atomic E-state index is 0.343. The second-order valence-corrected chi connectivity index (χ2v) is 3.82. The monoisotopic (exact) mass is 349 g/mol. The summed E-state index contributed by atoms with van der Waals surface area (Å²) < 4.78 is 12.9. The van der Waals surface area contributed by atoms with Gasteiger partial charge in [0.2, 0.25) is 0 Å². The van der Waals surface area contributed by atoms with Gasteiger partial charge in [-0.2, -0.15) is 0 Å². The number of methoxy groups -OCH3 is 3. The molecule has 0 aromatic heterocycles. The van der Waals surface area contributed by atoms with Gasteiger partial charge < -0.3 is 35.5 Å². The maximum atomic E-state index is 11.9. The van der Waals surface area contributed by atoms with Crippen molar-refractivity contribution in [1.82, 2.24) is 26.2 Å². The molecule has 0 atom stereocenters. The van der Waals surface area contributed by atoms with Gasteiger partial charge >= 0.3 is 30.2 Å². The third kappa shape index (κ3) is 8.26. The molecule has 0 fully saturated rings. The summed E-state index contributed by atoms with van der Waals surface area (Å²) in [7, 11) is 3.34. The Bertz CT molecular complexity index is 483. The van der Waals surface area contributed by atoms with Crippen molar-refractivity contribution in [2.75, 3.05) is 41.2 Å². The van der Waals surface area contributed by atoms with Crippen molar-refractivity contribution in [2.45, 2.75) is 0 Å². The van der Waals surface area contributed by atoms with E-state index in [0.717, 1.165) is 21.3 Å². The molecule has 0 bridgehead atoms. The van der Waals surface area contributed by atoms with Crippen LogP contribution in [0.15, 0.2) is 0 Å². The SMILES string of the molecule is COC(=O)CNC(=O)N(CNC(=O)OC)C(=O)NCNC(=O)OC. The fourth-order valence-corrected chi connectivity index (χ4v) is 1.13. The van der Waals surface area contributed by atoms with Gasteiger partial charge in [-0.3, -0.25) is 4.79 Å². The van der Waals surface area contributed by atoms with Gasteiger partial charge in [0.25, 0.3) is 0 Å². The van der Waals surface area contributed by atoms with Crippen LogP contribution in [0.5, 0.6) is 0 Å². The van der Waals surface area contributed by atoms with Crippen molar-refractivity contribution >= 4 is 30.2 Å². The zero-order valence-corrected chi connectivity index (χ0v) is 13.3. The van der Waals surface area contributed by atoms with Gasteiger partial charge in [-0.25, -0.2) is 24.1 Å². The molecular weight excluding hydrogens is 330 g/mol. The number of carbonyl (C=O) groups excluding carboxylic acids is 5. The van der Waals surface area contributed by atoms with E-state index in [1.165, 1.54) is 0 Å². The minimum atomic E-state index is -0.993. The highest BCUT2D eigenvalue weighted by Gasteiger charge is 2.22. The summed E-state index contributed by atoms with van der Waals surface area (Å²) in [6.07, 6.45) is -1.69. The summed E-state index contributed by atoms with van der Waals surface area (Å²) in [6.45, 7) is -1.38. The van der Waals surface area contributed by atoms with E-state index >= 15 is 0 Å². The largest absolute Gasteiger partial charge is 0.468 e. The van der Waals surface area contributed by atoms with Gasteiger partial charge in [-0.1, -0.05) is 0 Å². The van der Waals surface area contributed by atoms with Crippen LogP contribution in [0, 0.1) is 0 Å². The van der Waals surface area contributed by atoms with Gasteiger partial charge in [-0.05, 0) is 0 Å². The molecule has 0 heterocycles. The number of ether oxygens (including phenoxy) is 3. The average molecular weight is 349 g/mol. The first-order chi connectivity index (χ1) is 11.3. The average Bonchev–Trinajstić information content (AvgIpc) is 2.58. The van der Waals surface area contributed by atoms with E-state index < -0.39 is 43.4 Å². The summed E-state index contributed by atoms with van der Waals surface area (Å²) >= 11 is 0. The minimum Gasteiger partial charge on any atom is -0.468 e. The molecule has 0 aliphatic rings. The molecule has 0 aromatic rings. The van der Waals surface area contributed by atoms with Crippen LogP contribution < -0.4 is 21.3 Å². The number of hydrogen-bond acceptors (Lipinski definition) is 8. The molecule has 13 nitrogen and oxygen atoms in total. The highest BCUT2D eigenvalue weighted by atomic mass is 16.5. The van der Waals surface area contributed by atoms with Crippen LogP contribution in [-0.4, -0.2) is 76.3 Å². The van der Waals surface area contributed by atoms with Crippen molar-refractivity contribution in [3.05, 3.63) is 0 Å².